The maximum absolute atomic E-state index is 12.9. The van der Waals surface area contributed by atoms with Gasteiger partial charge in [0, 0.05) is 19.6 Å². The first-order chi connectivity index (χ1) is 12.4. The zero-order chi connectivity index (χ0) is 18.8. The molecule has 7 heteroatoms. The van der Waals surface area contributed by atoms with Crippen molar-refractivity contribution in [1.29, 1.82) is 0 Å². The minimum atomic E-state index is -3.56. The van der Waals surface area contributed by atoms with Crippen LogP contribution in [0.3, 0.4) is 0 Å². The van der Waals surface area contributed by atoms with Crippen molar-refractivity contribution >= 4 is 15.9 Å². The Kier molecular flexibility index (Phi) is 5.69. The molecular weight excluding hydrogens is 350 g/mol. The summed E-state index contributed by atoms with van der Waals surface area (Å²) >= 11 is 0. The smallest absolute Gasteiger partial charge is 0.243 e. The first-order valence-corrected chi connectivity index (χ1v) is 10.9. The van der Waals surface area contributed by atoms with Gasteiger partial charge in [-0.15, -0.1) is 0 Å². The van der Waals surface area contributed by atoms with Crippen molar-refractivity contribution in [3.05, 3.63) is 29.8 Å². The van der Waals surface area contributed by atoms with E-state index in [1.807, 2.05) is 6.92 Å². The third-order valence-electron chi connectivity index (χ3n) is 5.75. The number of hydrogen-bond donors (Lipinski definition) is 2. The van der Waals surface area contributed by atoms with Crippen LogP contribution in [0.1, 0.15) is 44.1 Å². The Balaban J connectivity index is 1.70. The fourth-order valence-corrected chi connectivity index (χ4v) is 5.55. The van der Waals surface area contributed by atoms with Crippen molar-refractivity contribution in [2.24, 2.45) is 11.7 Å². The first kappa shape index (κ1) is 19.3. The number of hydrogen-bond acceptors (Lipinski definition) is 4. The van der Waals surface area contributed by atoms with Gasteiger partial charge < -0.3 is 11.1 Å². The molecule has 3 N–H and O–H groups in total. The fourth-order valence-electron chi connectivity index (χ4n) is 4.03. The number of nitrogens with one attached hydrogen (secondary N) is 1. The second-order valence-corrected chi connectivity index (χ2v) is 9.63. The number of sulfonamides is 1. The van der Waals surface area contributed by atoms with Crippen molar-refractivity contribution in [2.45, 2.75) is 55.9 Å². The summed E-state index contributed by atoms with van der Waals surface area (Å²) < 4.78 is 27.3. The van der Waals surface area contributed by atoms with Crippen LogP contribution in [0, 0.1) is 12.8 Å². The van der Waals surface area contributed by atoms with E-state index in [1.54, 1.807) is 24.3 Å². The number of carbonyl (C=O) groups is 1. The predicted molar refractivity (Wildman–Crippen MR) is 101 cm³/mol. The van der Waals surface area contributed by atoms with E-state index in [4.69, 9.17) is 5.73 Å². The molecule has 6 nitrogen and oxygen atoms in total. The highest BCUT2D eigenvalue weighted by Crippen LogP contribution is 2.30. The van der Waals surface area contributed by atoms with Crippen LogP contribution in [0.15, 0.2) is 29.2 Å². The number of piperidine rings is 1. The van der Waals surface area contributed by atoms with E-state index in [0.717, 1.165) is 31.2 Å². The molecule has 1 saturated heterocycles. The van der Waals surface area contributed by atoms with E-state index < -0.39 is 10.0 Å². The van der Waals surface area contributed by atoms with Crippen LogP contribution in [0.5, 0.6) is 0 Å². The average Bonchev–Trinajstić information content (AvgIpc) is 3.11. The molecule has 3 rings (SSSR count). The van der Waals surface area contributed by atoms with E-state index in [-0.39, 0.29) is 23.9 Å². The minimum Gasteiger partial charge on any atom is -0.349 e. The number of rotatable bonds is 5. The average molecular weight is 380 g/mol. The molecule has 0 bridgehead atoms. The molecule has 1 aromatic carbocycles. The summed E-state index contributed by atoms with van der Waals surface area (Å²) in [5, 5.41) is 3.15. The maximum atomic E-state index is 12.9. The van der Waals surface area contributed by atoms with Crippen LogP contribution in [0.25, 0.3) is 0 Å². The Morgan fingerprint density at radius 1 is 1.23 bits per heavy atom. The quantitative estimate of drug-likeness (QED) is 0.816. The van der Waals surface area contributed by atoms with Crippen LogP contribution < -0.4 is 11.1 Å². The van der Waals surface area contributed by atoms with Gasteiger partial charge in [0.05, 0.1) is 16.4 Å². The molecule has 26 heavy (non-hydrogen) atoms. The molecule has 0 radical (unpaired) electrons. The van der Waals surface area contributed by atoms with Gasteiger partial charge >= 0.3 is 0 Å². The Morgan fingerprint density at radius 2 is 1.88 bits per heavy atom. The summed E-state index contributed by atoms with van der Waals surface area (Å²) in [5.41, 5.74) is 6.63. The number of aryl methyl sites for hydroxylation is 1. The largest absolute Gasteiger partial charge is 0.349 e. The number of benzene rings is 1. The molecule has 1 saturated carbocycles. The van der Waals surface area contributed by atoms with Crippen molar-refractivity contribution in [3.63, 3.8) is 0 Å². The SMILES string of the molecule is Cc1ccc(S(=O)(=O)N2CCCC(C(=O)NC3(CN)CCCC3)C2)cc1. The minimum absolute atomic E-state index is 0.0545. The van der Waals surface area contributed by atoms with Gasteiger partial charge in [0.15, 0.2) is 0 Å². The van der Waals surface area contributed by atoms with Crippen LogP contribution in [-0.2, 0) is 14.8 Å². The van der Waals surface area contributed by atoms with Gasteiger partial charge in [-0.1, -0.05) is 30.5 Å². The van der Waals surface area contributed by atoms with Crippen molar-refractivity contribution in [1.82, 2.24) is 9.62 Å². The molecule has 1 aliphatic heterocycles. The molecule has 1 aliphatic carbocycles. The van der Waals surface area contributed by atoms with Crippen molar-refractivity contribution in [2.75, 3.05) is 19.6 Å². The molecule has 144 valence electrons. The monoisotopic (exact) mass is 379 g/mol. The third-order valence-corrected chi connectivity index (χ3v) is 7.63. The molecule has 1 aromatic rings. The highest BCUT2D eigenvalue weighted by atomic mass is 32.2. The Hall–Kier alpha value is -1.44. The summed E-state index contributed by atoms with van der Waals surface area (Å²) in [7, 11) is -3.56. The molecule has 1 unspecified atom stereocenters. The van der Waals surface area contributed by atoms with Gasteiger partial charge in [-0.2, -0.15) is 4.31 Å². The van der Waals surface area contributed by atoms with Gasteiger partial charge in [0.25, 0.3) is 0 Å². The lowest BCUT2D eigenvalue weighted by atomic mass is 9.93. The molecule has 2 fully saturated rings. The number of nitrogens with two attached hydrogens (primary N) is 1. The summed E-state index contributed by atoms with van der Waals surface area (Å²) in [4.78, 5) is 13.1. The van der Waals surface area contributed by atoms with E-state index >= 15 is 0 Å². The highest BCUT2D eigenvalue weighted by molar-refractivity contribution is 7.89. The number of amides is 1. The van der Waals surface area contributed by atoms with Crippen LogP contribution in [-0.4, -0.2) is 43.8 Å². The highest BCUT2D eigenvalue weighted by Gasteiger charge is 2.38. The predicted octanol–water partition coefficient (Wildman–Crippen LogP) is 1.78. The molecule has 2 aliphatic rings. The number of carbonyl (C=O) groups excluding carboxylic acids is 1. The van der Waals surface area contributed by atoms with Gasteiger partial charge in [0.2, 0.25) is 15.9 Å². The lowest BCUT2D eigenvalue weighted by molar-refractivity contribution is -0.128. The summed E-state index contributed by atoms with van der Waals surface area (Å²) in [6.07, 6.45) is 5.39. The Bertz CT molecular complexity index is 740. The van der Waals surface area contributed by atoms with Gasteiger partial charge in [-0.3, -0.25) is 4.79 Å². The molecule has 0 spiro atoms. The zero-order valence-electron chi connectivity index (χ0n) is 15.4. The molecular formula is C19H29N3O3S. The van der Waals surface area contributed by atoms with Crippen LogP contribution >= 0.6 is 0 Å². The van der Waals surface area contributed by atoms with Crippen molar-refractivity contribution in [3.8, 4) is 0 Å². The number of nitrogens with zero attached hydrogens (tertiary/aromatic N) is 1. The molecule has 0 aromatic heterocycles. The molecule has 1 heterocycles. The van der Waals surface area contributed by atoms with Gasteiger partial charge in [-0.25, -0.2) is 8.42 Å². The fraction of sp³-hybridized carbons (Fsp3) is 0.632. The summed E-state index contributed by atoms with van der Waals surface area (Å²) in [5.74, 6) is -0.367. The maximum Gasteiger partial charge on any atom is 0.243 e. The van der Waals surface area contributed by atoms with E-state index in [1.165, 1.54) is 4.31 Å². The third kappa shape index (κ3) is 3.94. The normalized spacial score (nSPS) is 23.7. The molecule has 1 amide bonds. The van der Waals surface area contributed by atoms with Gasteiger partial charge in [-0.05, 0) is 44.7 Å². The summed E-state index contributed by atoms with van der Waals surface area (Å²) in [6, 6.07) is 6.87. The van der Waals surface area contributed by atoms with Crippen molar-refractivity contribution < 1.29 is 13.2 Å². The molecule has 1 atom stereocenters. The van der Waals surface area contributed by atoms with Gasteiger partial charge in [0.1, 0.15) is 0 Å². The standard InChI is InChI=1S/C19H29N3O3S/c1-15-6-8-17(9-7-15)26(24,25)22-12-4-5-16(13-22)18(23)21-19(14-20)10-2-3-11-19/h6-9,16H,2-5,10-14,20H2,1H3,(H,21,23). The van der Waals surface area contributed by atoms with E-state index in [0.29, 0.717) is 30.8 Å². The van der Waals surface area contributed by atoms with Crippen LogP contribution in [0.2, 0.25) is 0 Å². The second-order valence-electron chi connectivity index (χ2n) is 7.70. The Morgan fingerprint density at radius 3 is 2.50 bits per heavy atom. The first-order valence-electron chi connectivity index (χ1n) is 9.45. The lowest BCUT2D eigenvalue weighted by Gasteiger charge is -2.35. The van der Waals surface area contributed by atoms with E-state index in [9.17, 15) is 13.2 Å². The topological polar surface area (TPSA) is 92.5 Å². The van der Waals surface area contributed by atoms with E-state index in [2.05, 4.69) is 5.32 Å². The second kappa shape index (κ2) is 7.66. The summed E-state index contributed by atoms with van der Waals surface area (Å²) in [6.45, 7) is 3.06. The Labute approximate surface area is 156 Å². The van der Waals surface area contributed by atoms with Crippen LogP contribution in [0.4, 0.5) is 0 Å². The zero-order valence-corrected chi connectivity index (χ0v) is 16.2. The lowest BCUT2D eigenvalue weighted by Crippen LogP contribution is -2.55.